The van der Waals surface area contributed by atoms with Gasteiger partial charge in [0.2, 0.25) is 10.0 Å². The fraction of sp³-hybridized carbons (Fsp3) is 0.571. The standard InChI is InChI=1S/C14H20N2O3S/c1-10-5-6-11(15)9-14(10)20(17,18)16-7-8-19-13-4-2-3-12(13)16/h5-6,9,12-13H,2-4,7-8,15H2,1H3. The molecule has 5 nitrogen and oxygen atoms in total. The predicted octanol–water partition coefficient (Wildman–Crippen LogP) is 1.52. The highest BCUT2D eigenvalue weighted by molar-refractivity contribution is 7.89. The van der Waals surface area contributed by atoms with E-state index in [2.05, 4.69) is 0 Å². The van der Waals surface area contributed by atoms with Crippen molar-refractivity contribution in [3.05, 3.63) is 23.8 Å². The molecule has 1 aromatic rings. The molecule has 1 aliphatic carbocycles. The summed E-state index contributed by atoms with van der Waals surface area (Å²) in [5.41, 5.74) is 6.97. The van der Waals surface area contributed by atoms with E-state index in [4.69, 9.17) is 10.5 Å². The fourth-order valence-corrected chi connectivity index (χ4v) is 5.13. The molecule has 0 bridgehead atoms. The number of nitrogens with two attached hydrogens (primary N) is 1. The Bertz CT molecular complexity index is 615. The number of benzene rings is 1. The van der Waals surface area contributed by atoms with Crippen LogP contribution < -0.4 is 5.73 Å². The van der Waals surface area contributed by atoms with E-state index in [1.807, 2.05) is 0 Å². The molecule has 0 spiro atoms. The summed E-state index contributed by atoms with van der Waals surface area (Å²) in [7, 11) is -3.50. The summed E-state index contributed by atoms with van der Waals surface area (Å²) < 4.78 is 33.1. The van der Waals surface area contributed by atoms with Gasteiger partial charge in [0.05, 0.1) is 23.6 Å². The lowest BCUT2D eigenvalue weighted by Gasteiger charge is -2.36. The minimum absolute atomic E-state index is 0.0189. The maximum atomic E-state index is 12.9. The molecular weight excluding hydrogens is 276 g/mol. The SMILES string of the molecule is Cc1ccc(N)cc1S(=O)(=O)N1CCOC2CCCC21. The maximum absolute atomic E-state index is 12.9. The van der Waals surface area contributed by atoms with Crippen LogP contribution in [0.5, 0.6) is 0 Å². The molecule has 1 saturated carbocycles. The zero-order valence-electron chi connectivity index (χ0n) is 11.6. The Labute approximate surface area is 119 Å². The number of hydrogen-bond acceptors (Lipinski definition) is 4. The zero-order valence-corrected chi connectivity index (χ0v) is 12.4. The van der Waals surface area contributed by atoms with Gasteiger partial charge in [-0.3, -0.25) is 0 Å². The average Bonchev–Trinajstić information content (AvgIpc) is 2.89. The van der Waals surface area contributed by atoms with Crippen molar-refractivity contribution in [3.8, 4) is 0 Å². The first-order chi connectivity index (χ1) is 9.50. The molecule has 2 aliphatic rings. The molecule has 2 unspecified atom stereocenters. The average molecular weight is 296 g/mol. The summed E-state index contributed by atoms with van der Waals surface area (Å²) in [6, 6.07) is 5.03. The van der Waals surface area contributed by atoms with Crippen molar-refractivity contribution in [3.63, 3.8) is 0 Å². The fourth-order valence-electron chi connectivity index (χ4n) is 3.21. The minimum Gasteiger partial charge on any atom is -0.399 e. The monoisotopic (exact) mass is 296 g/mol. The van der Waals surface area contributed by atoms with Gasteiger partial charge in [-0.2, -0.15) is 4.31 Å². The molecule has 3 rings (SSSR count). The van der Waals surface area contributed by atoms with Crippen LogP contribution in [0.3, 0.4) is 0 Å². The van der Waals surface area contributed by atoms with Gasteiger partial charge in [-0.1, -0.05) is 6.07 Å². The second kappa shape index (κ2) is 5.02. The van der Waals surface area contributed by atoms with Gasteiger partial charge >= 0.3 is 0 Å². The smallest absolute Gasteiger partial charge is 0.243 e. The van der Waals surface area contributed by atoms with Crippen molar-refractivity contribution < 1.29 is 13.2 Å². The molecule has 0 radical (unpaired) electrons. The largest absolute Gasteiger partial charge is 0.399 e. The Balaban J connectivity index is 2.00. The van der Waals surface area contributed by atoms with E-state index < -0.39 is 10.0 Å². The number of nitrogens with zero attached hydrogens (tertiary/aromatic N) is 1. The van der Waals surface area contributed by atoms with Gasteiger partial charge in [0, 0.05) is 12.2 Å². The first-order valence-corrected chi connectivity index (χ1v) is 8.44. The summed E-state index contributed by atoms with van der Waals surface area (Å²) in [6.45, 7) is 2.71. The minimum atomic E-state index is -3.50. The predicted molar refractivity (Wildman–Crippen MR) is 76.9 cm³/mol. The van der Waals surface area contributed by atoms with Crippen LogP contribution in [-0.4, -0.2) is 38.0 Å². The molecule has 1 saturated heterocycles. The molecule has 1 heterocycles. The highest BCUT2D eigenvalue weighted by atomic mass is 32.2. The number of hydrogen-bond donors (Lipinski definition) is 1. The third-order valence-electron chi connectivity index (χ3n) is 4.23. The summed E-state index contributed by atoms with van der Waals surface area (Å²) in [4.78, 5) is 0.324. The van der Waals surface area contributed by atoms with Crippen molar-refractivity contribution >= 4 is 15.7 Å². The van der Waals surface area contributed by atoms with Crippen LogP contribution in [-0.2, 0) is 14.8 Å². The highest BCUT2D eigenvalue weighted by Gasteiger charge is 2.42. The van der Waals surface area contributed by atoms with Gasteiger partial charge in [0.25, 0.3) is 0 Å². The van der Waals surface area contributed by atoms with Crippen LogP contribution >= 0.6 is 0 Å². The van der Waals surface area contributed by atoms with Crippen LogP contribution in [0.1, 0.15) is 24.8 Å². The maximum Gasteiger partial charge on any atom is 0.243 e. The summed E-state index contributed by atoms with van der Waals surface area (Å²) in [5, 5.41) is 0. The Morgan fingerprint density at radius 3 is 2.95 bits per heavy atom. The van der Waals surface area contributed by atoms with Crippen LogP contribution in [0.4, 0.5) is 5.69 Å². The molecule has 0 amide bonds. The quantitative estimate of drug-likeness (QED) is 0.840. The van der Waals surface area contributed by atoms with E-state index >= 15 is 0 Å². The van der Waals surface area contributed by atoms with Gasteiger partial charge in [-0.15, -0.1) is 0 Å². The molecule has 2 atom stereocenters. The molecule has 1 aliphatic heterocycles. The van der Waals surface area contributed by atoms with Gasteiger partial charge in [-0.25, -0.2) is 8.42 Å². The van der Waals surface area contributed by atoms with Crippen LogP contribution in [0.15, 0.2) is 23.1 Å². The molecule has 2 N–H and O–H groups in total. The molecule has 1 aromatic carbocycles. The van der Waals surface area contributed by atoms with Crippen LogP contribution in [0, 0.1) is 6.92 Å². The summed E-state index contributed by atoms with van der Waals surface area (Å²) >= 11 is 0. The molecule has 6 heteroatoms. The van der Waals surface area contributed by atoms with E-state index in [1.165, 1.54) is 0 Å². The van der Waals surface area contributed by atoms with Crippen molar-refractivity contribution in [1.29, 1.82) is 0 Å². The highest BCUT2D eigenvalue weighted by Crippen LogP contribution is 2.34. The molecule has 2 fully saturated rings. The van der Waals surface area contributed by atoms with E-state index in [-0.39, 0.29) is 12.1 Å². The molecule has 110 valence electrons. The van der Waals surface area contributed by atoms with Gasteiger partial charge in [0.15, 0.2) is 0 Å². The van der Waals surface area contributed by atoms with E-state index in [9.17, 15) is 8.42 Å². The van der Waals surface area contributed by atoms with Crippen molar-refractivity contribution in [2.75, 3.05) is 18.9 Å². The first kappa shape index (κ1) is 13.9. The zero-order chi connectivity index (χ0) is 14.3. The number of sulfonamides is 1. The number of morpholine rings is 1. The van der Waals surface area contributed by atoms with E-state index in [0.717, 1.165) is 24.8 Å². The normalized spacial score (nSPS) is 27.4. The Morgan fingerprint density at radius 2 is 2.15 bits per heavy atom. The first-order valence-electron chi connectivity index (χ1n) is 7.00. The molecular formula is C14H20N2O3S. The topological polar surface area (TPSA) is 72.6 Å². The number of rotatable bonds is 2. The van der Waals surface area contributed by atoms with Gasteiger partial charge < -0.3 is 10.5 Å². The lowest BCUT2D eigenvalue weighted by atomic mass is 10.2. The number of aryl methyl sites for hydroxylation is 1. The second-order valence-corrected chi connectivity index (χ2v) is 7.41. The van der Waals surface area contributed by atoms with Crippen molar-refractivity contribution in [2.24, 2.45) is 0 Å². The summed E-state index contributed by atoms with van der Waals surface area (Å²) in [5.74, 6) is 0. The lowest BCUT2D eigenvalue weighted by molar-refractivity contribution is -0.0241. The van der Waals surface area contributed by atoms with Crippen LogP contribution in [0.25, 0.3) is 0 Å². The van der Waals surface area contributed by atoms with Gasteiger partial charge in [0.1, 0.15) is 0 Å². The Hall–Kier alpha value is -1.11. The molecule has 20 heavy (non-hydrogen) atoms. The lowest BCUT2D eigenvalue weighted by Crippen LogP contribution is -2.51. The van der Waals surface area contributed by atoms with E-state index in [1.54, 1.807) is 29.4 Å². The van der Waals surface area contributed by atoms with E-state index in [0.29, 0.717) is 23.7 Å². The Kier molecular flexibility index (Phi) is 3.48. The van der Waals surface area contributed by atoms with Crippen molar-refractivity contribution in [1.82, 2.24) is 4.31 Å². The number of anilines is 1. The third kappa shape index (κ3) is 2.21. The second-order valence-electron chi connectivity index (χ2n) is 5.55. The third-order valence-corrected chi connectivity index (χ3v) is 6.30. The Morgan fingerprint density at radius 1 is 1.35 bits per heavy atom. The number of fused-ring (bicyclic) bond motifs is 1. The number of nitrogen functional groups attached to an aromatic ring is 1. The van der Waals surface area contributed by atoms with Crippen molar-refractivity contribution in [2.45, 2.75) is 43.2 Å². The summed E-state index contributed by atoms with van der Waals surface area (Å²) in [6.07, 6.45) is 2.91. The number of ether oxygens (including phenoxy) is 1. The van der Waals surface area contributed by atoms with Gasteiger partial charge in [-0.05, 0) is 43.9 Å². The van der Waals surface area contributed by atoms with Crippen LogP contribution in [0.2, 0.25) is 0 Å². The molecule has 0 aromatic heterocycles.